The minimum absolute atomic E-state index is 0.305. The van der Waals surface area contributed by atoms with Crippen LogP contribution < -0.4 is 0 Å². The second-order valence-corrected chi connectivity index (χ2v) is 5.34. The Hall–Kier alpha value is -0.360. The van der Waals surface area contributed by atoms with E-state index >= 15 is 0 Å². The van der Waals surface area contributed by atoms with Gasteiger partial charge in [-0.05, 0) is 34.1 Å². The second-order valence-electron chi connectivity index (χ2n) is 2.71. The van der Waals surface area contributed by atoms with Crippen molar-refractivity contribution in [3.63, 3.8) is 0 Å². The Labute approximate surface area is 115 Å². The molecule has 0 saturated heterocycles. The lowest BCUT2D eigenvalue weighted by molar-refractivity contribution is 0.995. The van der Waals surface area contributed by atoms with Gasteiger partial charge in [0.2, 0.25) is 0 Å². The Kier molecular flexibility index (Phi) is 4.02. The lowest BCUT2D eigenvalue weighted by Gasteiger charge is -2.03. The highest BCUT2D eigenvalue weighted by atomic mass is 79.9. The summed E-state index contributed by atoms with van der Waals surface area (Å²) in [7, 11) is 0. The van der Waals surface area contributed by atoms with Gasteiger partial charge in [-0.15, -0.1) is 10.2 Å². The van der Waals surface area contributed by atoms with Crippen LogP contribution in [0.25, 0.3) is 0 Å². The molecule has 0 aliphatic carbocycles. The third kappa shape index (κ3) is 2.85. The molecule has 0 aliphatic rings. The molecule has 0 N–H and O–H groups in total. The van der Waals surface area contributed by atoms with E-state index in [1.807, 2.05) is 12.1 Å². The highest BCUT2D eigenvalue weighted by Gasteiger charge is 2.09. The number of halogens is 3. The predicted octanol–water partition coefficient (Wildman–Crippen LogP) is 4.09. The summed E-state index contributed by atoms with van der Waals surface area (Å²) in [4.78, 5) is 4.93. The van der Waals surface area contributed by atoms with Crippen LogP contribution in [0.1, 0.15) is 0 Å². The topological polar surface area (TPSA) is 38.7 Å². The van der Waals surface area contributed by atoms with Crippen LogP contribution in [0.15, 0.2) is 38.8 Å². The van der Waals surface area contributed by atoms with Crippen LogP contribution in [-0.4, -0.2) is 15.2 Å². The van der Waals surface area contributed by atoms with Crippen molar-refractivity contribution in [3.8, 4) is 0 Å². The number of aromatic nitrogens is 3. The normalized spacial score (nSPS) is 10.4. The van der Waals surface area contributed by atoms with E-state index < -0.39 is 0 Å². The third-order valence-electron chi connectivity index (χ3n) is 1.62. The fourth-order valence-corrected chi connectivity index (χ4v) is 2.66. The molecule has 0 amide bonds. The molecular formula is C9H4BrCl2N3S. The molecule has 0 bridgehead atoms. The molecule has 7 heteroatoms. The molecule has 0 saturated carbocycles. The average Bonchev–Trinajstić information content (AvgIpc) is 2.27. The first-order valence-electron chi connectivity index (χ1n) is 4.14. The van der Waals surface area contributed by atoms with Gasteiger partial charge in [0.1, 0.15) is 5.03 Å². The molecule has 0 aliphatic heterocycles. The van der Waals surface area contributed by atoms with E-state index in [-0.39, 0.29) is 0 Å². The van der Waals surface area contributed by atoms with E-state index in [4.69, 9.17) is 23.2 Å². The van der Waals surface area contributed by atoms with Crippen molar-refractivity contribution in [2.24, 2.45) is 0 Å². The first-order chi connectivity index (χ1) is 7.66. The molecule has 2 aromatic rings. The summed E-state index contributed by atoms with van der Waals surface area (Å²) in [5.74, 6) is 0. The van der Waals surface area contributed by atoms with Crippen LogP contribution in [0.3, 0.4) is 0 Å². The van der Waals surface area contributed by atoms with Gasteiger partial charge in [-0.2, -0.15) is 0 Å². The quantitative estimate of drug-likeness (QED) is 0.827. The van der Waals surface area contributed by atoms with Gasteiger partial charge in [-0.25, -0.2) is 4.98 Å². The molecular weight excluding hydrogens is 333 g/mol. The second kappa shape index (κ2) is 5.31. The molecule has 0 radical (unpaired) electrons. The van der Waals surface area contributed by atoms with E-state index in [1.165, 1.54) is 11.8 Å². The summed E-state index contributed by atoms with van der Waals surface area (Å²) in [5.41, 5.74) is 0. The zero-order chi connectivity index (χ0) is 11.5. The first-order valence-corrected chi connectivity index (χ1v) is 6.50. The van der Waals surface area contributed by atoms with Crippen molar-refractivity contribution < 1.29 is 0 Å². The highest BCUT2D eigenvalue weighted by Crippen LogP contribution is 2.35. The standard InChI is InChI=1S/C9H4BrCl2N3S/c10-5-2-1-3-13-9(5)16-6-4-7(11)14-15-8(6)12/h1-4H. The van der Waals surface area contributed by atoms with Crippen LogP contribution in [0.5, 0.6) is 0 Å². The molecule has 2 heterocycles. The Balaban J connectivity index is 2.34. The van der Waals surface area contributed by atoms with Crippen molar-refractivity contribution in [2.45, 2.75) is 9.92 Å². The van der Waals surface area contributed by atoms with Crippen molar-refractivity contribution >= 4 is 50.9 Å². The number of nitrogens with zero attached hydrogens (tertiary/aromatic N) is 3. The van der Waals surface area contributed by atoms with Gasteiger partial charge in [-0.1, -0.05) is 35.0 Å². The van der Waals surface area contributed by atoms with Gasteiger partial charge < -0.3 is 0 Å². The molecule has 0 spiro atoms. The van der Waals surface area contributed by atoms with Crippen molar-refractivity contribution in [3.05, 3.63) is 39.2 Å². The summed E-state index contributed by atoms with van der Waals surface area (Å²) >= 11 is 16.4. The smallest absolute Gasteiger partial charge is 0.165 e. The summed E-state index contributed by atoms with van der Waals surface area (Å²) < 4.78 is 0.893. The van der Waals surface area contributed by atoms with E-state index in [1.54, 1.807) is 12.3 Å². The monoisotopic (exact) mass is 335 g/mol. The Morgan fingerprint density at radius 1 is 1.25 bits per heavy atom. The zero-order valence-corrected chi connectivity index (χ0v) is 11.6. The number of rotatable bonds is 2. The molecule has 2 rings (SSSR count). The van der Waals surface area contributed by atoms with Crippen LogP contribution in [-0.2, 0) is 0 Å². The first kappa shape index (κ1) is 12.1. The van der Waals surface area contributed by atoms with E-state index in [9.17, 15) is 0 Å². The average molecular weight is 337 g/mol. The molecule has 0 atom stereocenters. The zero-order valence-electron chi connectivity index (χ0n) is 7.69. The summed E-state index contributed by atoms with van der Waals surface area (Å²) in [6.07, 6.45) is 1.71. The summed E-state index contributed by atoms with van der Waals surface area (Å²) in [6.45, 7) is 0. The fourth-order valence-electron chi connectivity index (χ4n) is 0.960. The minimum Gasteiger partial charge on any atom is -0.248 e. The number of hydrogen-bond donors (Lipinski definition) is 0. The fraction of sp³-hybridized carbons (Fsp3) is 0. The van der Waals surface area contributed by atoms with Crippen molar-refractivity contribution in [2.75, 3.05) is 0 Å². The lowest BCUT2D eigenvalue weighted by Crippen LogP contribution is -1.87. The lowest BCUT2D eigenvalue weighted by atomic mass is 10.5. The third-order valence-corrected chi connectivity index (χ3v) is 4.15. The largest absolute Gasteiger partial charge is 0.248 e. The number of hydrogen-bond acceptors (Lipinski definition) is 4. The minimum atomic E-state index is 0.305. The van der Waals surface area contributed by atoms with Gasteiger partial charge in [-0.3, -0.25) is 0 Å². The van der Waals surface area contributed by atoms with Crippen LogP contribution >= 0.6 is 50.9 Å². The number of pyridine rings is 1. The Bertz CT molecular complexity index is 524. The van der Waals surface area contributed by atoms with E-state index in [0.29, 0.717) is 10.3 Å². The highest BCUT2D eigenvalue weighted by molar-refractivity contribution is 9.10. The molecule has 0 fully saturated rings. The molecule has 0 aromatic carbocycles. The van der Waals surface area contributed by atoms with Crippen LogP contribution in [0.4, 0.5) is 0 Å². The van der Waals surface area contributed by atoms with E-state index in [0.717, 1.165) is 14.4 Å². The predicted molar refractivity (Wildman–Crippen MR) is 68.1 cm³/mol. The van der Waals surface area contributed by atoms with Gasteiger partial charge in [0.15, 0.2) is 10.3 Å². The van der Waals surface area contributed by atoms with Crippen molar-refractivity contribution in [1.82, 2.24) is 15.2 Å². The molecule has 82 valence electrons. The van der Waals surface area contributed by atoms with Gasteiger partial charge in [0.25, 0.3) is 0 Å². The van der Waals surface area contributed by atoms with Gasteiger partial charge in [0.05, 0.1) is 9.37 Å². The maximum absolute atomic E-state index is 5.90. The Morgan fingerprint density at radius 3 is 2.81 bits per heavy atom. The van der Waals surface area contributed by atoms with Crippen LogP contribution in [0.2, 0.25) is 10.3 Å². The molecule has 16 heavy (non-hydrogen) atoms. The molecule has 0 unspecified atom stereocenters. The van der Waals surface area contributed by atoms with Gasteiger partial charge >= 0.3 is 0 Å². The Morgan fingerprint density at radius 2 is 2.06 bits per heavy atom. The maximum Gasteiger partial charge on any atom is 0.165 e. The van der Waals surface area contributed by atoms with Gasteiger partial charge in [0, 0.05) is 6.20 Å². The maximum atomic E-state index is 5.90. The van der Waals surface area contributed by atoms with Crippen molar-refractivity contribution in [1.29, 1.82) is 0 Å². The molecule has 2 aromatic heterocycles. The summed E-state index contributed by atoms with van der Waals surface area (Å²) in [6, 6.07) is 5.40. The summed E-state index contributed by atoms with van der Waals surface area (Å²) in [5, 5.41) is 8.78. The molecule has 3 nitrogen and oxygen atoms in total. The SMILES string of the molecule is Clc1cc(Sc2ncccc2Br)c(Cl)nn1. The van der Waals surface area contributed by atoms with Crippen LogP contribution in [0, 0.1) is 0 Å². The van der Waals surface area contributed by atoms with E-state index in [2.05, 4.69) is 31.1 Å².